The Balaban J connectivity index is 1.38. The van der Waals surface area contributed by atoms with Gasteiger partial charge in [0.2, 0.25) is 5.91 Å². The van der Waals surface area contributed by atoms with Crippen molar-refractivity contribution in [1.29, 1.82) is 0 Å². The molecule has 1 saturated heterocycles. The molecule has 2 heterocycles. The third kappa shape index (κ3) is 6.40. The third-order valence-corrected chi connectivity index (χ3v) is 10.1. The molecule has 3 aromatic carbocycles. The standard InChI is InChI=1S/C27H24ClFN4O5S2/c1-2-37-25-11-22-20(10-23(25)33-27(34)17-13-39(35)40(36)14-17)26(31-15-30-22)32-19-6-7-24(21(28)9-19)38-12-16-4-3-5-18(29)8-16/h3-11,15,17H,2,12-14H2,1H3,(H,33,34)(H,30,31,32). The van der Waals surface area contributed by atoms with Gasteiger partial charge in [0, 0.05) is 28.6 Å². The number of nitrogens with one attached hydrogen (secondary N) is 2. The van der Waals surface area contributed by atoms with Gasteiger partial charge in [0.25, 0.3) is 0 Å². The lowest BCUT2D eigenvalue weighted by Gasteiger charge is -2.16. The Bertz CT molecular complexity index is 1620. The van der Waals surface area contributed by atoms with Crippen LogP contribution in [0.1, 0.15) is 12.5 Å². The number of aromatic nitrogens is 2. The van der Waals surface area contributed by atoms with Crippen LogP contribution in [0, 0.1) is 11.7 Å². The van der Waals surface area contributed by atoms with E-state index in [0.29, 0.717) is 56.8 Å². The van der Waals surface area contributed by atoms with E-state index >= 15 is 0 Å². The van der Waals surface area contributed by atoms with Crippen LogP contribution in [0.5, 0.6) is 11.5 Å². The normalized spacial score (nSPS) is 18.4. The molecule has 1 aliphatic heterocycles. The molecule has 2 atom stereocenters. The number of rotatable bonds is 9. The van der Waals surface area contributed by atoms with Gasteiger partial charge in [0.05, 0.1) is 28.8 Å². The van der Waals surface area contributed by atoms with Crippen LogP contribution >= 0.6 is 11.6 Å². The van der Waals surface area contributed by atoms with Crippen LogP contribution in [-0.4, -0.2) is 42.4 Å². The summed E-state index contributed by atoms with van der Waals surface area (Å²) < 4.78 is 48.6. The van der Waals surface area contributed by atoms with Crippen LogP contribution in [0.3, 0.4) is 0 Å². The molecule has 0 spiro atoms. The Labute approximate surface area is 238 Å². The highest BCUT2D eigenvalue weighted by Crippen LogP contribution is 2.35. The van der Waals surface area contributed by atoms with Crippen LogP contribution in [-0.2, 0) is 31.1 Å². The maximum atomic E-state index is 13.4. The summed E-state index contributed by atoms with van der Waals surface area (Å²) in [7, 11) is -3.07. The Morgan fingerprint density at radius 2 is 1.85 bits per heavy atom. The van der Waals surface area contributed by atoms with E-state index in [1.165, 1.54) is 18.5 Å². The second kappa shape index (κ2) is 12.3. The second-order valence-corrected chi connectivity index (χ2v) is 13.4. The van der Waals surface area contributed by atoms with Gasteiger partial charge in [0.15, 0.2) is 0 Å². The number of anilines is 3. The van der Waals surface area contributed by atoms with Crippen molar-refractivity contribution in [2.24, 2.45) is 5.92 Å². The molecule has 2 unspecified atom stereocenters. The highest BCUT2D eigenvalue weighted by molar-refractivity contribution is 8.61. The molecule has 1 amide bonds. The highest BCUT2D eigenvalue weighted by atomic mass is 35.5. The number of halogens is 2. The van der Waals surface area contributed by atoms with E-state index < -0.39 is 25.6 Å². The number of carbonyl (C=O) groups is 1. The molecule has 4 aromatic rings. The largest absolute Gasteiger partial charge is 0.492 e. The van der Waals surface area contributed by atoms with E-state index in [2.05, 4.69) is 20.6 Å². The summed E-state index contributed by atoms with van der Waals surface area (Å²) in [6.45, 7) is 2.33. The summed E-state index contributed by atoms with van der Waals surface area (Å²) in [5.41, 5.74) is 2.26. The van der Waals surface area contributed by atoms with Gasteiger partial charge in [0.1, 0.15) is 55.7 Å². The molecule has 1 fully saturated rings. The summed E-state index contributed by atoms with van der Waals surface area (Å²) in [6, 6.07) is 14.7. The van der Waals surface area contributed by atoms with Crippen molar-refractivity contribution < 1.29 is 27.1 Å². The molecule has 1 aromatic heterocycles. The van der Waals surface area contributed by atoms with Gasteiger partial charge in [-0.25, -0.2) is 22.8 Å². The SMILES string of the molecule is CCOc1cc2ncnc(Nc3ccc(OCc4cccc(F)c4)c(Cl)c3)c2cc1NC(=O)C1CS(=O)S(=O)C1. The zero-order chi connectivity index (χ0) is 28.2. The van der Waals surface area contributed by atoms with E-state index in [-0.39, 0.29) is 29.8 Å². The molecular weight excluding hydrogens is 579 g/mol. The zero-order valence-corrected chi connectivity index (χ0v) is 23.6. The van der Waals surface area contributed by atoms with Crippen LogP contribution in [0.25, 0.3) is 10.9 Å². The molecular formula is C27H24ClFN4O5S2. The second-order valence-electron chi connectivity index (χ2n) is 8.84. The van der Waals surface area contributed by atoms with Gasteiger partial charge in [-0.1, -0.05) is 23.7 Å². The minimum atomic E-state index is -1.53. The fraction of sp³-hybridized carbons (Fsp3) is 0.222. The molecule has 40 heavy (non-hydrogen) atoms. The van der Waals surface area contributed by atoms with E-state index in [9.17, 15) is 17.6 Å². The minimum absolute atomic E-state index is 0.0502. The van der Waals surface area contributed by atoms with Crippen molar-refractivity contribution in [1.82, 2.24) is 9.97 Å². The van der Waals surface area contributed by atoms with Gasteiger partial charge in [-0.05, 0) is 48.9 Å². The van der Waals surface area contributed by atoms with Crippen molar-refractivity contribution in [3.05, 3.63) is 77.3 Å². The molecule has 0 aliphatic carbocycles. The zero-order valence-electron chi connectivity index (χ0n) is 21.2. The van der Waals surface area contributed by atoms with Crippen molar-refractivity contribution >= 4 is 65.3 Å². The van der Waals surface area contributed by atoms with Crippen LogP contribution in [0.2, 0.25) is 5.02 Å². The van der Waals surface area contributed by atoms with E-state index in [1.807, 2.05) is 6.92 Å². The fourth-order valence-corrected chi connectivity index (χ4v) is 7.87. The van der Waals surface area contributed by atoms with Crippen molar-refractivity contribution in [2.45, 2.75) is 13.5 Å². The van der Waals surface area contributed by atoms with Crippen LogP contribution in [0.4, 0.5) is 21.6 Å². The van der Waals surface area contributed by atoms with E-state index in [1.54, 1.807) is 42.5 Å². The third-order valence-electron chi connectivity index (χ3n) is 6.03. The number of carbonyl (C=O) groups excluding carboxylic acids is 1. The smallest absolute Gasteiger partial charge is 0.229 e. The summed E-state index contributed by atoms with van der Waals surface area (Å²) in [5, 5.41) is 7.00. The van der Waals surface area contributed by atoms with Crippen molar-refractivity contribution in [2.75, 3.05) is 28.7 Å². The first-order valence-corrected chi connectivity index (χ1v) is 15.8. The average molecular weight is 603 g/mol. The highest BCUT2D eigenvalue weighted by Gasteiger charge is 2.34. The number of ether oxygens (including phenoxy) is 2. The van der Waals surface area contributed by atoms with Crippen molar-refractivity contribution in [3.63, 3.8) is 0 Å². The maximum Gasteiger partial charge on any atom is 0.229 e. The summed E-state index contributed by atoms with van der Waals surface area (Å²) in [6.07, 6.45) is 1.40. The molecule has 1 aliphatic rings. The lowest BCUT2D eigenvalue weighted by Crippen LogP contribution is -2.25. The first kappa shape index (κ1) is 27.9. The van der Waals surface area contributed by atoms with Gasteiger partial charge in [-0.2, -0.15) is 0 Å². The summed E-state index contributed by atoms with van der Waals surface area (Å²) in [5.74, 6) is 0.0536. The van der Waals surface area contributed by atoms with Crippen LogP contribution in [0.15, 0.2) is 60.9 Å². The predicted octanol–water partition coefficient (Wildman–Crippen LogP) is 5.12. The lowest BCUT2D eigenvalue weighted by atomic mass is 10.1. The number of amides is 1. The first-order chi connectivity index (χ1) is 19.3. The molecule has 13 heteroatoms. The molecule has 208 valence electrons. The Morgan fingerprint density at radius 1 is 1.05 bits per heavy atom. The first-order valence-electron chi connectivity index (χ1n) is 12.2. The minimum Gasteiger partial charge on any atom is -0.492 e. The average Bonchev–Trinajstić information content (AvgIpc) is 3.27. The molecule has 5 rings (SSSR count). The monoisotopic (exact) mass is 602 g/mol. The van der Waals surface area contributed by atoms with Gasteiger partial charge in [-0.15, -0.1) is 0 Å². The lowest BCUT2D eigenvalue weighted by molar-refractivity contribution is -0.118. The number of hydrogen-bond acceptors (Lipinski definition) is 8. The van der Waals surface area contributed by atoms with E-state index in [0.717, 1.165) is 0 Å². The maximum absolute atomic E-state index is 13.4. The van der Waals surface area contributed by atoms with Gasteiger partial charge in [-0.3, -0.25) is 4.79 Å². The van der Waals surface area contributed by atoms with Crippen LogP contribution < -0.4 is 20.1 Å². The predicted molar refractivity (Wildman–Crippen MR) is 154 cm³/mol. The molecule has 9 nitrogen and oxygen atoms in total. The van der Waals surface area contributed by atoms with Gasteiger partial charge < -0.3 is 20.1 Å². The Morgan fingerprint density at radius 3 is 2.58 bits per heavy atom. The Hall–Kier alpha value is -3.61. The summed E-state index contributed by atoms with van der Waals surface area (Å²) in [4.78, 5) is 21.6. The van der Waals surface area contributed by atoms with Crippen molar-refractivity contribution in [3.8, 4) is 11.5 Å². The topological polar surface area (TPSA) is 120 Å². The number of benzene rings is 3. The fourth-order valence-electron chi connectivity index (χ4n) is 4.09. The quantitative estimate of drug-likeness (QED) is 0.253. The van der Waals surface area contributed by atoms with E-state index in [4.69, 9.17) is 21.1 Å². The van der Waals surface area contributed by atoms with Gasteiger partial charge >= 0.3 is 0 Å². The Kier molecular flexibility index (Phi) is 8.57. The number of hydrogen-bond donors (Lipinski definition) is 2. The summed E-state index contributed by atoms with van der Waals surface area (Å²) >= 11 is 6.45. The molecule has 2 N–H and O–H groups in total. The molecule has 0 saturated carbocycles. The number of fused-ring (bicyclic) bond motifs is 1. The molecule has 0 radical (unpaired) electrons. The molecule has 0 bridgehead atoms. The number of nitrogens with zero attached hydrogens (tertiary/aromatic N) is 2.